The normalized spacial score (nSPS) is 14.6. The van der Waals surface area contributed by atoms with Crippen molar-refractivity contribution in [1.29, 1.82) is 5.26 Å². The van der Waals surface area contributed by atoms with Gasteiger partial charge in [0.2, 0.25) is 5.95 Å². The van der Waals surface area contributed by atoms with Gasteiger partial charge in [-0.05, 0) is 62.2 Å². The maximum absolute atomic E-state index is 12.9. The van der Waals surface area contributed by atoms with Crippen molar-refractivity contribution in [2.75, 3.05) is 53.9 Å². The number of nitrogens with two attached hydrogens (primary N) is 1. The molecular formula is C24H30N10O2S2. The number of benzene rings is 1. The van der Waals surface area contributed by atoms with Crippen LogP contribution in [-0.2, 0) is 17.5 Å². The summed E-state index contributed by atoms with van der Waals surface area (Å²) >= 11 is 1.65. The Morgan fingerprint density at radius 3 is 2.61 bits per heavy atom. The second-order valence-electron chi connectivity index (χ2n) is 8.65. The predicted molar refractivity (Wildman–Crippen MR) is 149 cm³/mol. The number of carbonyl (C=O) groups excluding carboxylic acids is 1. The van der Waals surface area contributed by atoms with E-state index in [2.05, 4.69) is 40.4 Å². The SMILES string of the molecule is Cc1cc(C#N)nc(N2CCN(Sc3ccc(NC(=O)c4cn(CCCN)nc4NS(C)=O)cc3)CC2)n1. The second-order valence-corrected chi connectivity index (χ2v) is 10.9. The lowest BCUT2D eigenvalue weighted by molar-refractivity contribution is 0.102. The molecule has 0 saturated carbocycles. The Balaban J connectivity index is 1.33. The molecule has 200 valence electrons. The highest BCUT2D eigenvalue weighted by molar-refractivity contribution is 7.97. The van der Waals surface area contributed by atoms with Crippen LogP contribution in [0.15, 0.2) is 41.4 Å². The Hall–Kier alpha value is -3.51. The first-order chi connectivity index (χ1) is 18.3. The van der Waals surface area contributed by atoms with Gasteiger partial charge in [-0.1, -0.05) is 0 Å². The summed E-state index contributed by atoms with van der Waals surface area (Å²) < 4.78 is 18.3. The molecule has 1 atom stereocenters. The van der Waals surface area contributed by atoms with Crippen molar-refractivity contribution in [2.24, 2.45) is 5.73 Å². The molecule has 1 unspecified atom stereocenters. The molecule has 12 nitrogen and oxygen atoms in total. The van der Waals surface area contributed by atoms with Gasteiger partial charge in [-0.3, -0.25) is 14.2 Å². The van der Waals surface area contributed by atoms with Gasteiger partial charge in [0.05, 0.1) is 0 Å². The van der Waals surface area contributed by atoms with Crippen LogP contribution in [0.5, 0.6) is 0 Å². The summed E-state index contributed by atoms with van der Waals surface area (Å²) in [5.74, 6) is 0.526. The molecule has 0 bridgehead atoms. The fourth-order valence-electron chi connectivity index (χ4n) is 3.84. The third kappa shape index (κ3) is 7.29. The monoisotopic (exact) mass is 554 g/mol. The van der Waals surface area contributed by atoms with Crippen molar-refractivity contribution >= 4 is 46.3 Å². The number of hydrogen-bond acceptors (Lipinski definition) is 10. The van der Waals surface area contributed by atoms with Gasteiger partial charge in [-0.2, -0.15) is 10.4 Å². The zero-order valence-electron chi connectivity index (χ0n) is 21.3. The first-order valence-corrected chi connectivity index (χ1v) is 14.4. The summed E-state index contributed by atoms with van der Waals surface area (Å²) in [5, 5.41) is 16.4. The lowest BCUT2D eigenvalue weighted by Crippen LogP contribution is -2.44. The number of rotatable bonds is 10. The van der Waals surface area contributed by atoms with E-state index >= 15 is 0 Å². The lowest BCUT2D eigenvalue weighted by atomic mass is 10.2. The van der Waals surface area contributed by atoms with Gasteiger partial charge in [-0.25, -0.2) is 18.5 Å². The average molecular weight is 555 g/mol. The summed E-state index contributed by atoms with van der Waals surface area (Å²) in [4.78, 5) is 24.9. The molecule has 38 heavy (non-hydrogen) atoms. The molecule has 0 radical (unpaired) electrons. The third-order valence-electron chi connectivity index (χ3n) is 5.66. The molecular weight excluding hydrogens is 524 g/mol. The molecule has 1 aliphatic heterocycles. The number of anilines is 3. The minimum Gasteiger partial charge on any atom is -0.338 e. The minimum atomic E-state index is -1.37. The number of piperazine rings is 1. The largest absolute Gasteiger partial charge is 0.338 e. The van der Waals surface area contributed by atoms with E-state index in [9.17, 15) is 14.3 Å². The van der Waals surface area contributed by atoms with Crippen LogP contribution in [0.3, 0.4) is 0 Å². The van der Waals surface area contributed by atoms with Crippen LogP contribution in [-0.4, -0.2) is 73.1 Å². The molecule has 0 spiro atoms. The van der Waals surface area contributed by atoms with Crippen molar-refractivity contribution in [1.82, 2.24) is 24.1 Å². The van der Waals surface area contributed by atoms with Crippen LogP contribution < -0.4 is 20.7 Å². The maximum atomic E-state index is 12.9. The third-order valence-corrected chi connectivity index (χ3v) is 7.25. The second kappa shape index (κ2) is 12.8. The molecule has 2 aromatic heterocycles. The van der Waals surface area contributed by atoms with Gasteiger partial charge in [-0.15, -0.1) is 0 Å². The smallest absolute Gasteiger partial charge is 0.261 e. The predicted octanol–water partition coefficient (Wildman–Crippen LogP) is 1.99. The quantitative estimate of drug-likeness (QED) is 0.316. The van der Waals surface area contributed by atoms with Crippen molar-refractivity contribution in [3.05, 3.63) is 53.5 Å². The van der Waals surface area contributed by atoms with E-state index in [-0.39, 0.29) is 11.7 Å². The number of aryl methyl sites for hydroxylation is 2. The van der Waals surface area contributed by atoms with E-state index in [4.69, 9.17) is 5.73 Å². The van der Waals surface area contributed by atoms with Gasteiger partial charge in [0.1, 0.15) is 28.3 Å². The summed E-state index contributed by atoms with van der Waals surface area (Å²) in [6, 6.07) is 11.4. The summed E-state index contributed by atoms with van der Waals surface area (Å²) in [7, 11) is -1.37. The van der Waals surface area contributed by atoms with E-state index < -0.39 is 11.0 Å². The number of carbonyl (C=O) groups is 1. The fraction of sp³-hybridized carbons (Fsp3) is 0.375. The van der Waals surface area contributed by atoms with Crippen LogP contribution in [0.4, 0.5) is 17.5 Å². The van der Waals surface area contributed by atoms with Crippen LogP contribution in [0, 0.1) is 18.3 Å². The topological polar surface area (TPSA) is 158 Å². The Bertz CT molecular complexity index is 1330. The maximum Gasteiger partial charge on any atom is 0.261 e. The van der Waals surface area contributed by atoms with Crippen molar-refractivity contribution in [3.63, 3.8) is 0 Å². The van der Waals surface area contributed by atoms with Crippen LogP contribution in [0.25, 0.3) is 0 Å². The van der Waals surface area contributed by atoms with E-state index in [1.165, 1.54) is 6.26 Å². The number of nitrogens with zero attached hydrogens (tertiary/aromatic N) is 7. The number of nitriles is 1. The standard InChI is InChI=1S/C24H30N10O2S2/c1-17-14-19(15-26)29-24(27-17)32-10-12-34(13-11-32)37-20-6-4-18(5-7-20)28-23(35)21-16-33(9-3-8-25)30-22(21)31-38(2)36/h4-7,14,16H,3,8-13,25H2,1-2H3,(H,28,35)(H,30,31). The summed E-state index contributed by atoms with van der Waals surface area (Å²) in [5.41, 5.74) is 7.69. The number of hydrogen-bond donors (Lipinski definition) is 3. The zero-order valence-corrected chi connectivity index (χ0v) is 22.9. The molecule has 4 N–H and O–H groups in total. The molecule has 14 heteroatoms. The van der Waals surface area contributed by atoms with Crippen LogP contribution in [0.1, 0.15) is 28.2 Å². The van der Waals surface area contributed by atoms with Crippen molar-refractivity contribution in [2.45, 2.75) is 24.8 Å². The van der Waals surface area contributed by atoms with E-state index in [0.29, 0.717) is 42.4 Å². The highest BCUT2D eigenvalue weighted by atomic mass is 32.2. The summed E-state index contributed by atoms with van der Waals surface area (Å²) in [6.45, 7) is 6.07. The molecule has 3 heterocycles. The first-order valence-electron chi connectivity index (χ1n) is 12.1. The fourth-order valence-corrected chi connectivity index (χ4v) is 5.17. The van der Waals surface area contributed by atoms with Crippen molar-refractivity contribution < 1.29 is 9.00 Å². The molecule has 1 aromatic carbocycles. The Labute approximate surface area is 228 Å². The Morgan fingerprint density at radius 2 is 1.95 bits per heavy atom. The molecule has 3 aromatic rings. The number of amides is 1. The van der Waals surface area contributed by atoms with E-state index in [1.54, 1.807) is 28.9 Å². The molecule has 1 fully saturated rings. The summed E-state index contributed by atoms with van der Waals surface area (Å²) in [6.07, 6.45) is 3.83. The molecule has 0 aliphatic carbocycles. The number of aromatic nitrogens is 4. The zero-order chi connectivity index (χ0) is 27.1. The van der Waals surface area contributed by atoms with Gasteiger partial charge in [0.15, 0.2) is 5.82 Å². The average Bonchev–Trinajstić information content (AvgIpc) is 3.30. The van der Waals surface area contributed by atoms with Gasteiger partial charge in [0.25, 0.3) is 5.91 Å². The van der Waals surface area contributed by atoms with Crippen molar-refractivity contribution in [3.8, 4) is 6.07 Å². The Kier molecular flexibility index (Phi) is 9.29. The molecule has 1 aliphatic rings. The molecule has 1 saturated heterocycles. The minimum absolute atomic E-state index is 0.270. The van der Waals surface area contributed by atoms with Gasteiger partial charge < -0.3 is 16.0 Å². The molecule has 4 rings (SSSR count). The van der Waals surface area contributed by atoms with Crippen LogP contribution in [0.2, 0.25) is 0 Å². The first kappa shape index (κ1) is 27.5. The molecule has 1 amide bonds. The van der Waals surface area contributed by atoms with Crippen LogP contribution >= 0.6 is 11.9 Å². The van der Waals surface area contributed by atoms with E-state index in [0.717, 1.165) is 36.8 Å². The highest BCUT2D eigenvalue weighted by Gasteiger charge is 2.21. The van der Waals surface area contributed by atoms with Gasteiger partial charge >= 0.3 is 0 Å². The number of nitrogens with one attached hydrogen (secondary N) is 2. The lowest BCUT2D eigenvalue weighted by Gasteiger charge is -2.33. The highest BCUT2D eigenvalue weighted by Crippen LogP contribution is 2.26. The van der Waals surface area contributed by atoms with Gasteiger partial charge in [0, 0.05) is 61.5 Å². The Morgan fingerprint density at radius 1 is 1.21 bits per heavy atom. The van der Waals surface area contributed by atoms with E-state index in [1.807, 2.05) is 31.2 Å².